The van der Waals surface area contributed by atoms with E-state index in [0.29, 0.717) is 36.0 Å². The third-order valence-electron chi connectivity index (χ3n) is 4.54. The van der Waals surface area contributed by atoms with Crippen LogP contribution in [-0.2, 0) is 10.0 Å². The number of sulfonamides is 1. The van der Waals surface area contributed by atoms with Gasteiger partial charge in [0.25, 0.3) is 5.91 Å². The number of carbonyl (C=O) groups is 1. The van der Waals surface area contributed by atoms with Gasteiger partial charge in [-0.2, -0.15) is 4.31 Å². The molecule has 2 heterocycles. The lowest BCUT2D eigenvalue weighted by molar-refractivity contribution is 0.0959. The van der Waals surface area contributed by atoms with Crippen LogP contribution in [0.25, 0.3) is 10.9 Å². The topological polar surface area (TPSA) is 82.3 Å². The van der Waals surface area contributed by atoms with E-state index in [1.807, 2.05) is 0 Å². The summed E-state index contributed by atoms with van der Waals surface area (Å²) in [6, 6.07) is 6.63. The number of rotatable bonds is 3. The number of aromatic amines is 1. The van der Waals surface area contributed by atoms with Gasteiger partial charge in [0.2, 0.25) is 10.0 Å². The van der Waals surface area contributed by atoms with Crippen LogP contribution in [-0.4, -0.2) is 43.8 Å². The Hall–Kier alpha value is -1.86. The first kappa shape index (κ1) is 17.0. The van der Waals surface area contributed by atoms with Gasteiger partial charge in [-0.25, -0.2) is 8.42 Å². The Balaban J connectivity index is 1.97. The van der Waals surface area contributed by atoms with Crippen molar-refractivity contribution in [2.24, 2.45) is 11.8 Å². The maximum absolute atomic E-state index is 13.0. The number of aromatic nitrogens is 1. The minimum Gasteiger partial charge on any atom is -0.354 e. The fourth-order valence-electron chi connectivity index (χ4n) is 3.48. The molecule has 1 aromatic heterocycles. The molecule has 0 radical (unpaired) electrons. The van der Waals surface area contributed by atoms with Crippen LogP contribution in [0.15, 0.2) is 29.2 Å². The zero-order valence-electron chi connectivity index (χ0n) is 14.2. The number of hydrogen-bond donors (Lipinski definition) is 2. The van der Waals surface area contributed by atoms with Crippen molar-refractivity contribution < 1.29 is 13.2 Å². The number of nitrogens with one attached hydrogen (secondary N) is 2. The fraction of sp³-hybridized carbons (Fsp3) is 0.471. The minimum atomic E-state index is -3.52. The Morgan fingerprint density at radius 3 is 2.50 bits per heavy atom. The van der Waals surface area contributed by atoms with Gasteiger partial charge in [0.1, 0.15) is 5.69 Å². The third-order valence-corrected chi connectivity index (χ3v) is 6.36. The largest absolute Gasteiger partial charge is 0.354 e. The van der Waals surface area contributed by atoms with Crippen LogP contribution in [0, 0.1) is 11.8 Å². The van der Waals surface area contributed by atoms with Crippen LogP contribution in [0.2, 0.25) is 0 Å². The van der Waals surface area contributed by atoms with Crippen molar-refractivity contribution in [1.82, 2.24) is 14.6 Å². The van der Waals surface area contributed by atoms with Crippen LogP contribution >= 0.6 is 0 Å². The highest BCUT2D eigenvalue weighted by atomic mass is 32.2. The van der Waals surface area contributed by atoms with E-state index in [2.05, 4.69) is 24.1 Å². The molecule has 1 saturated heterocycles. The molecule has 24 heavy (non-hydrogen) atoms. The summed E-state index contributed by atoms with van der Waals surface area (Å²) in [4.78, 5) is 15.0. The number of fused-ring (bicyclic) bond motifs is 1. The lowest BCUT2D eigenvalue weighted by atomic mass is 9.94. The van der Waals surface area contributed by atoms with E-state index in [4.69, 9.17) is 0 Å². The SMILES string of the molecule is CNC(=O)c1cc2cc(S(=O)(=O)N3CC(C)CC(C)C3)ccc2[nH]1. The average molecular weight is 349 g/mol. The molecule has 0 aliphatic carbocycles. The summed E-state index contributed by atoms with van der Waals surface area (Å²) < 4.78 is 27.5. The first-order valence-electron chi connectivity index (χ1n) is 8.16. The van der Waals surface area contributed by atoms with Crippen molar-refractivity contribution in [2.75, 3.05) is 20.1 Å². The van der Waals surface area contributed by atoms with Crippen LogP contribution in [0.3, 0.4) is 0 Å². The van der Waals surface area contributed by atoms with Crippen molar-refractivity contribution in [3.05, 3.63) is 30.0 Å². The summed E-state index contributed by atoms with van der Waals surface area (Å²) in [5.41, 5.74) is 1.16. The molecule has 0 spiro atoms. The molecule has 1 amide bonds. The highest BCUT2D eigenvalue weighted by molar-refractivity contribution is 7.89. The molecule has 3 rings (SSSR count). The lowest BCUT2D eigenvalue weighted by Crippen LogP contribution is -2.42. The van der Waals surface area contributed by atoms with E-state index in [1.165, 1.54) is 0 Å². The number of carbonyl (C=O) groups excluding carboxylic acids is 1. The molecular formula is C17H23N3O3S. The standard InChI is InChI=1S/C17H23N3O3S/c1-11-6-12(2)10-20(9-11)24(22,23)14-4-5-15-13(7-14)8-16(19-15)17(21)18-3/h4-5,7-8,11-12,19H,6,9-10H2,1-3H3,(H,18,21). The molecule has 130 valence electrons. The molecule has 2 unspecified atom stereocenters. The quantitative estimate of drug-likeness (QED) is 0.891. The van der Waals surface area contributed by atoms with Gasteiger partial charge in [-0.1, -0.05) is 13.8 Å². The summed E-state index contributed by atoms with van der Waals surface area (Å²) in [5.74, 6) is 0.494. The Labute approximate surface area is 142 Å². The van der Waals surface area contributed by atoms with Crippen LogP contribution < -0.4 is 5.32 Å². The third kappa shape index (κ3) is 3.06. The maximum atomic E-state index is 13.0. The van der Waals surface area contributed by atoms with Crippen molar-refractivity contribution in [3.63, 3.8) is 0 Å². The maximum Gasteiger partial charge on any atom is 0.267 e. The van der Waals surface area contributed by atoms with Gasteiger partial charge >= 0.3 is 0 Å². The second-order valence-corrected chi connectivity index (χ2v) is 8.72. The first-order chi connectivity index (χ1) is 11.3. The van der Waals surface area contributed by atoms with Gasteiger partial charge in [0.05, 0.1) is 4.90 Å². The predicted molar refractivity (Wildman–Crippen MR) is 93.4 cm³/mol. The predicted octanol–water partition coefficient (Wildman–Crippen LogP) is 2.19. The summed E-state index contributed by atoms with van der Waals surface area (Å²) in [7, 11) is -1.96. The number of benzene rings is 1. The summed E-state index contributed by atoms with van der Waals surface area (Å²) in [5, 5.41) is 3.27. The Morgan fingerprint density at radius 2 is 1.88 bits per heavy atom. The molecular weight excluding hydrogens is 326 g/mol. The highest BCUT2D eigenvalue weighted by Gasteiger charge is 2.31. The molecule has 2 atom stereocenters. The zero-order chi connectivity index (χ0) is 17.5. The van der Waals surface area contributed by atoms with E-state index in [-0.39, 0.29) is 10.8 Å². The van der Waals surface area contributed by atoms with E-state index >= 15 is 0 Å². The van der Waals surface area contributed by atoms with Crippen LogP contribution in [0.4, 0.5) is 0 Å². The van der Waals surface area contributed by atoms with E-state index in [9.17, 15) is 13.2 Å². The Bertz CT molecular complexity index is 862. The average Bonchev–Trinajstić information content (AvgIpc) is 2.96. The monoisotopic (exact) mass is 349 g/mol. The Morgan fingerprint density at radius 1 is 1.21 bits per heavy atom. The van der Waals surface area contributed by atoms with Crippen LogP contribution in [0.1, 0.15) is 30.8 Å². The first-order valence-corrected chi connectivity index (χ1v) is 9.60. The molecule has 1 aliphatic rings. The molecule has 6 nitrogen and oxygen atoms in total. The van der Waals surface area contributed by atoms with Gasteiger partial charge in [-0.05, 0) is 42.5 Å². The Kier molecular flexibility index (Phi) is 4.40. The summed E-state index contributed by atoms with van der Waals surface area (Å²) >= 11 is 0. The van der Waals surface area contributed by atoms with Gasteiger partial charge in [-0.3, -0.25) is 4.79 Å². The molecule has 1 aromatic carbocycles. The second kappa shape index (κ2) is 6.22. The summed E-state index contributed by atoms with van der Waals surface area (Å²) in [6.07, 6.45) is 1.05. The molecule has 0 saturated carbocycles. The van der Waals surface area contributed by atoms with Crippen molar-refractivity contribution in [3.8, 4) is 0 Å². The lowest BCUT2D eigenvalue weighted by Gasteiger charge is -2.34. The highest BCUT2D eigenvalue weighted by Crippen LogP contribution is 2.28. The van der Waals surface area contributed by atoms with Gasteiger partial charge in [0, 0.05) is 31.0 Å². The number of H-pyrrole nitrogens is 1. The number of amides is 1. The number of piperidine rings is 1. The molecule has 2 N–H and O–H groups in total. The van der Waals surface area contributed by atoms with Gasteiger partial charge < -0.3 is 10.3 Å². The van der Waals surface area contributed by atoms with E-state index in [1.54, 1.807) is 35.6 Å². The zero-order valence-corrected chi connectivity index (χ0v) is 15.0. The number of hydrogen-bond acceptors (Lipinski definition) is 3. The molecule has 0 bridgehead atoms. The van der Waals surface area contributed by atoms with Crippen molar-refractivity contribution >= 4 is 26.8 Å². The molecule has 1 aliphatic heterocycles. The van der Waals surface area contributed by atoms with Gasteiger partial charge in [0.15, 0.2) is 0 Å². The van der Waals surface area contributed by atoms with Crippen LogP contribution in [0.5, 0.6) is 0 Å². The molecule has 1 fully saturated rings. The summed E-state index contributed by atoms with van der Waals surface area (Å²) in [6.45, 7) is 5.29. The normalized spacial score (nSPS) is 22.6. The smallest absolute Gasteiger partial charge is 0.267 e. The second-order valence-electron chi connectivity index (χ2n) is 6.78. The van der Waals surface area contributed by atoms with Crippen molar-refractivity contribution in [1.29, 1.82) is 0 Å². The molecule has 7 heteroatoms. The van der Waals surface area contributed by atoms with Crippen molar-refractivity contribution in [2.45, 2.75) is 25.2 Å². The fourth-order valence-corrected chi connectivity index (χ4v) is 5.19. The number of nitrogens with zero attached hydrogens (tertiary/aromatic N) is 1. The molecule has 2 aromatic rings. The van der Waals surface area contributed by atoms with E-state index < -0.39 is 10.0 Å². The van der Waals surface area contributed by atoms with Gasteiger partial charge in [-0.15, -0.1) is 0 Å². The minimum absolute atomic E-state index is 0.228. The van der Waals surface area contributed by atoms with E-state index in [0.717, 1.165) is 11.9 Å².